The number of aliphatic hydroxyl groups excluding tert-OH is 1. The Morgan fingerprint density at radius 3 is 2.76 bits per heavy atom. The molecule has 6 heteroatoms. The van der Waals surface area contributed by atoms with Gasteiger partial charge in [0.2, 0.25) is 0 Å². The molecule has 0 spiro atoms. The van der Waals surface area contributed by atoms with E-state index in [4.69, 9.17) is 11.6 Å². The number of rotatable bonds is 2. The maximum absolute atomic E-state index is 10.7. The Hall–Kier alpha value is -1.33. The van der Waals surface area contributed by atoms with Gasteiger partial charge < -0.3 is 10.0 Å². The molecule has 1 aromatic carbocycles. The number of nitro benzene ring substituents is 1. The van der Waals surface area contributed by atoms with Gasteiger partial charge in [-0.1, -0.05) is 11.6 Å². The standard InChI is InChI=1S/C11H13ClN2O3/c1-7-4-8(14(16)17)5-10(12)11(7)13-3-2-9(15)6-13/h4-5,9,15H,2-3,6H2,1H3/t9-/m0/s1. The van der Waals surface area contributed by atoms with Crippen LogP contribution in [0.2, 0.25) is 5.02 Å². The highest BCUT2D eigenvalue weighted by Crippen LogP contribution is 2.35. The summed E-state index contributed by atoms with van der Waals surface area (Å²) in [6.45, 7) is 3.04. The lowest BCUT2D eigenvalue weighted by Crippen LogP contribution is -2.22. The highest BCUT2D eigenvalue weighted by Gasteiger charge is 2.25. The highest BCUT2D eigenvalue weighted by molar-refractivity contribution is 6.33. The minimum atomic E-state index is -0.457. The van der Waals surface area contributed by atoms with E-state index in [1.807, 2.05) is 4.90 Å². The average molecular weight is 257 g/mol. The third kappa shape index (κ3) is 2.35. The summed E-state index contributed by atoms with van der Waals surface area (Å²) < 4.78 is 0. The van der Waals surface area contributed by atoms with Crippen LogP contribution in [0.4, 0.5) is 11.4 Å². The summed E-state index contributed by atoms with van der Waals surface area (Å²) >= 11 is 6.08. The molecule has 0 amide bonds. The molecule has 92 valence electrons. The first-order valence-electron chi connectivity index (χ1n) is 5.36. The van der Waals surface area contributed by atoms with E-state index in [-0.39, 0.29) is 11.8 Å². The van der Waals surface area contributed by atoms with E-state index in [0.29, 0.717) is 18.0 Å². The summed E-state index contributed by atoms with van der Waals surface area (Å²) in [5.41, 5.74) is 1.54. The van der Waals surface area contributed by atoms with Gasteiger partial charge in [0.15, 0.2) is 0 Å². The first-order chi connectivity index (χ1) is 7.99. The molecule has 2 rings (SSSR count). The SMILES string of the molecule is Cc1cc([N+](=O)[O-])cc(Cl)c1N1CC[C@H](O)C1. The van der Waals surface area contributed by atoms with Gasteiger partial charge in [-0.15, -0.1) is 0 Å². The van der Waals surface area contributed by atoms with Gasteiger partial charge in [0.1, 0.15) is 0 Å². The number of anilines is 1. The number of nitro groups is 1. The molecule has 0 radical (unpaired) electrons. The van der Waals surface area contributed by atoms with Crippen molar-refractivity contribution in [3.63, 3.8) is 0 Å². The number of halogens is 1. The summed E-state index contributed by atoms with van der Waals surface area (Å²) in [4.78, 5) is 12.2. The number of hydrogen-bond acceptors (Lipinski definition) is 4. The fourth-order valence-electron chi connectivity index (χ4n) is 2.17. The van der Waals surface area contributed by atoms with E-state index < -0.39 is 4.92 Å². The van der Waals surface area contributed by atoms with Gasteiger partial charge in [0.25, 0.3) is 5.69 Å². The molecule has 17 heavy (non-hydrogen) atoms. The van der Waals surface area contributed by atoms with Crippen molar-refractivity contribution >= 4 is 23.0 Å². The Labute approximate surface area is 104 Å². The maximum atomic E-state index is 10.7. The fourth-order valence-corrected chi connectivity index (χ4v) is 2.55. The summed E-state index contributed by atoms with van der Waals surface area (Å²) in [6, 6.07) is 2.86. The molecule has 1 aliphatic rings. The third-order valence-electron chi connectivity index (χ3n) is 2.93. The molecule has 1 fully saturated rings. The minimum Gasteiger partial charge on any atom is -0.391 e. The lowest BCUT2D eigenvalue weighted by Gasteiger charge is -2.21. The molecular formula is C11H13ClN2O3. The van der Waals surface area contributed by atoms with Crippen LogP contribution in [0.3, 0.4) is 0 Å². The number of nitrogens with zero attached hydrogens (tertiary/aromatic N) is 2. The van der Waals surface area contributed by atoms with Crippen molar-refractivity contribution in [3.05, 3.63) is 32.8 Å². The van der Waals surface area contributed by atoms with Gasteiger partial charge >= 0.3 is 0 Å². The third-order valence-corrected chi connectivity index (χ3v) is 3.22. The number of aliphatic hydroxyl groups is 1. The van der Waals surface area contributed by atoms with Crippen molar-refractivity contribution in [1.29, 1.82) is 0 Å². The quantitative estimate of drug-likeness (QED) is 0.650. The first kappa shape index (κ1) is 12.1. The smallest absolute Gasteiger partial charge is 0.271 e. The van der Waals surface area contributed by atoms with Crippen molar-refractivity contribution < 1.29 is 10.0 Å². The van der Waals surface area contributed by atoms with E-state index in [0.717, 1.165) is 17.8 Å². The molecule has 1 atom stereocenters. The van der Waals surface area contributed by atoms with Crippen molar-refractivity contribution in [3.8, 4) is 0 Å². The Kier molecular flexibility index (Phi) is 3.22. The Balaban J connectivity index is 2.38. The van der Waals surface area contributed by atoms with E-state index in [1.165, 1.54) is 12.1 Å². The van der Waals surface area contributed by atoms with Crippen molar-refractivity contribution in [2.24, 2.45) is 0 Å². The van der Waals surface area contributed by atoms with Gasteiger partial charge in [0, 0.05) is 25.2 Å². The summed E-state index contributed by atoms with van der Waals surface area (Å²) in [5, 5.41) is 20.5. The normalized spacial score (nSPS) is 19.7. The maximum Gasteiger partial charge on any atom is 0.271 e. The molecule has 1 aliphatic heterocycles. The molecule has 1 N–H and O–H groups in total. The van der Waals surface area contributed by atoms with Gasteiger partial charge in [-0.25, -0.2) is 0 Å². The van der Waals surface area contributed by atoms with E-state index in [1.54, 1.807) is 6.92 Å². The molecule has 0 unspecified atom stereocenters. The van der Waals surface area contributed by atoms with E-state index >= 15 is 0 Å². The summed E-state index contributed by atoms with van der Waals surface area (Å²) in [5.74, 6) is 0. The molecule has 0 aromatic heterocycles. The number of β-amino-alcohol motifs (C(OH)–C–C–N with tert-alkyl or cyclic N) is 1. The van der Waals surface area contributed by atoms with Gasteiger partial charge in [-0.3, -0.25) is 10.1 Å². The Morgan fingerprint density at radius 2 is 2.29 bits per heavy atom. The zero-order valence-electron chi connectivity index (χ0n) is 9.39. The largest absolute Gasteiger partial charge is 0.391 e. The van der Waals surface area contributed by atoms with Crippen LogP contribution in [0.5, 0.6) is 0 Å². The zero-order chi connectivity index (χ0) is 12.6. The topological polar surface area (TPSA) is 66.6 Å². The molecule has 0 bridgehead atoms. The molecule has 1 saturated heterocycles. The van der Waals surface area contributed by atoms with Crippen molar-refractivity contribution in [2.45, 2.75) is 19.4 Å². The molecule has 0 saturated carbocycles. The monoisotopic (exact) mass is 256 g/mol. The predicted molar refractivity (Wildman–Crippen MR) is 65.7 cm³/mol. The predicted octanol–water partition coefficient (Wildman–Crippen LogP) is 2.13. The Morgan fingerprint density at radius 1 is 1.59 bits per heavy atom. The molecule has 1 aromatic rings. The van der Waals surface area contributed by atoms with Crippen LogP contribution in [-0.2, 0) is 0 Å². The van der Waals surface area contributed by atoms with E-state index in [9.17, 15) is 15.2 Å². The van der Waals surface area contributed by atoms with Gasteiger partial charge in [-0.2, -0.15) is 0 Å². The van der Waals surface area contributed by atoms with Crippen LogP contribution in [0, 0.1) is 17.0 Å². The van der Waals surface area contributed by atoms with Crippen LogP contribution in [0.15, 0.2) is 12.1 Å². The van der Waals surface area contributed by atoms with Crippen LogP contribution in [-0.4, -0.2) is 29.2 Å². The number of benzene rings is 1. The van der Waals surface area contributed by atoms with Crippen LogP contribution in [0.25, 0.3) is 0 Å². The number of aryl methyl sites for hydroxylation is 1. The van der Waals surface area contributed by atoms with Gasteiger partial charge in [-0.05, 0) is 18.9 Å². The van der Waals surface area contributed by atoms with Crippen molar-refractivity contribution in [2.75, 3.05) is 18.0 Å². The first-order valence-corrected chi connectivity index (χ1v) is 5.74. The number of non-ortho nitro benzene ring substituents is 1. The zero-order valence-corrected chi connectivity index (χ0v) is 10.1. The molecular weight excluding hydrogens is 244 g/mol. The summed E-state index contributed by atoms with van der Waals surface area (Å²) in [7, 11) is 0. The second kappa shape index (κ2) is 4.50. The molecule has 1 heterocycles. The molecule has 5 nitrogen and oxygen atoms in total. The average Bonchev–Trinajstić information content (AvgIpc) is 2.63. The lowest BCUT2D eigenvalue weighted by molar-refractivity contribution is -0.384. The number of hydrogen-bond donors (Lipinski definition) is 1. The second-order valence-electron chi connectivity index (χ2n) is 4.24. The van der Waals surface area contributed by atoms with Crippen molar-refractivity contribution in [1.82, 2.24) is 0 Å². The lowest BCUT2D eigenvalue weighted by atomic mass is 10.1. The van der Waals surface area contributed by atoms with Gasteiger partial charge in [0.05, 0.1) is 21.7 Å². The Bertz CT molecular complexity index is 441. The van der Waals surface area contributed by atoms with E-state index in [2.05, 4.69) is 0 Å². The van der Waals surface area contributed by atoms with Crippen LogP contribution < -0.4 is 4.90 Å². The minimum absolute atomic E-state index is 0.00371. The highest BCUT2D eigenvalue weighted by atomic mass is 35.5. The molecule has 0 aliphatic carbocycles. The second-order valence-corrected chi connectivity index (χ2v) is 4.65. The fraction of sp³-hybridized carbons (Fsp3) is 0.455. The van der Waals surface area contributed by atoms with Crippen LogP contribution in [0.1, 0.15) is 12.0 Å². The summed E-state index contributed by atoms with van der Waals surface area (Å²) in [6.07, 6.45) is 0.355. The van der Waals surface area contributed by atoms with Crippen LogP contribution >= 0.6 is 11.6 Å².